The summed E-state index contributed by atoms with van der Waals surface area (Å²) >= 11 is 0. The Balaban J connectivity index is 2.02. The van der Waals surface area contributed by atoms with Crippen LogP contribution in [0.2, 0.25) is 0 Å². The first-order chi connectivity index (χ1) is 9.22. The van der Waals surface area contributed by atoms with Gasteiger partial charge < -0.3 is 10.2 Å². The number of nitrogens with zero attached hydrogens (tertiary/aromatic N) is 1. The summed E-state index contributed by atoms with van der Waals surface area (Å²) in [6.45, 7) is 6.66. The van der Waals surface area contributed by atoms with Crippen LogP contribution in [0.4, 0.5) is 0 Å². The van der Waals surface area contributed by atoms with Crippen molar-refractivity contribution in [1.82, 2.24) is 10.2 Å². The molecule has 3 heteroatoms. The fraction of sp³-hybridized carbons (Fsp3) is 0.562. The molecule has 0 radical (unpaired) electrons. The molecule has 0 aromatic heterocycles. The number of carbonyl (C=O) groups is 1. The standard InChI is InChI=1S/C16H24N2O/c1-3-18(12-14-9-5-4-6-10-14)16(19)15-13(2)8-7-11-17-15/h4-6,9-10,13,15,17H,3,7-8,11-12H2,1-2H3. The van der Waals surface area contributed by atoms with Crippen LogP contribution in [0.15, 0.2) is 30.3 Å². The maximum absolute atomic E-state index is 12.6. The molecule has 1 aliphatic rings. The average molecular weight is 260 g/mol. The van der Waals surface area contributed by atoms with Gasteiger partial charge in [0.25, 0.3) is 0 Å². The lowest BCUT2D eigenvalue weighted by Gasteiger charge is -2.33. The van der Waals surface area contributed by atoms with E-state index >= 15 is 0 Å². The van der Waals surface area contributed by atoms with Crippen molar-refractivity contribution in [3.8, 4) is 0 Å². The fourth-order valence-electron chi connectivity index (χ4n) is 2.73. The first-order valence-electron chi connectivity index (χ1n) is 7.28. The molecule has 0 saturated carbocycles. The second-order valence-corrected chi connectivity index (χ2v) is 5.39. The molecule has 1 aliphatic heterocycles. The van der Waals surface area contributed by atoms with Crippen molar-refractivity contribution in [1.29, 1.82) is 0 Å². The summed E-state index contributed by atoms with van der Waals surface area (Å²) in [6, 6.07) is 10.2. The highest BCUT2D eigenvalue weighted by Gasteiger charge is 2.30. The lowest BCUT2D eigenvalue weighted by molar-refractivity contribution is -0.135. The number of carbonyl (C=O) groups excluding carboxylic acids is 1. The number of likely N-dealkylation sites (N-methyl/N-ethyl adjacent to an activating group) is 1. The van der Waals surface area contributed by atoms with Crippen LogP contribution in [-0.2, 0) is 11.3 Å². The summed E-state index contributed by atoms with van der Waals surface area (Å²) in [7, 11) is 0. The van der Waals surface area contributed by atoms with Gasteiger partial charge in [0.2, 0.25) is 5.91 Å². The summed E-state index contributed by atoms with van der Waals surface area (Å²) in [5, 5.41) is 3.38. The van der Waals surface area contributed by atoms with Gasteiger partial charge in [-0.2, -0.15) is 0 Å². The van der Waals surface area contributed by atoms with E-state index in [9.17, 15) is 4.79 Å². The highest BCUT2D eigenvalue weighted by Crippen LogP contribution is 2.18. The predicted molar refractivity (Wildman–Crippen MR) is 77.7 cm³/mol. The fourth-order valence-corrected chi connectivity index (χ4v) is 2.73. The van der Waals surface area contributed by atoms with Crippen LogP contribution < -0.4 is 5.32 Å². The van der Waals surface area contributed by atoms with E-state index in [2.05, 4.69) is 24.4 Å². The minimum atomic E-state index is -0.00240. The molecule has 3 nitrogen and oxygen atoms in total. The van der Waals surface area contributed by atoms with Gasteiger partial charge in [-0.1, -0.05) is 37.3 Å². The van der Waals surface area contributed by atoms with Crippen LogP contribution in [0, 0.1) is 5.92 Å². The number of benzene rings is 1. The van der Waals surface area contributed by atoms with E-state index in [1.165, 1.54) is 12.0 Å². The summed E-state index contributed by atoms with van der Waals surface area (Å²) in [6.07, 6.45) is 2.32. The first-order valence-corrected chi connectivity index (χ1v) is 7.28. The molecule has 1 aromatic rings. The van der Waals surface area contributed by atoms with Crippen molar-refractivity contribution in [2.75, 3.05) is 13.1 Å². The number of hydrogen-bond acceptors (Lipinski definition) is 2. The number of piperidine rings is 1. The second-order valence-electron chi connectivity index (χ2n) is 5.39. The van der Waals surface area contributed by atoms with Crippen molar-refractivity contribution >= 4 is 5.91 Å². The zero-order valence-corrected chi connectivity index (χ0v) is 11.9. The molecule has 104 valence electrons. The van der Waals surface area contributed by atoms with Gasteiger partial charge in [-0.05, 0) is 37.8 Å². The minimum Gasteiger partial charge on any atom is -0.337 e. The molecule has 1 N–H and O–H groups in total. The highest BCUT2D eigenvalue weighted by atomic mass is 16.2. The number of hydrogen-bond donors (Lipinski definition) is 1. The lowest BCUT2D eigenvalue weighted by Crippen LogP contribution is -2.52. The topological polar surface area (TPSA) is 32.3 Å². The van der Waals surface area contributed by atoms with Crippen LogP contribution in [0.1, 0.15) is 32.3 Å². The molecule has 19 heavy (non-hydrogen) atoms. The van der Waals surface area contributed by atoms with Crippen LogP contribution in [-0.4, -0.2) is 29.9 Å². The van der Waals surface area contributed by atoms with Crippen LogP contribution in [0.25, 0.3) is 0 Å². The van der Waals surface area contributed by atoms with Gasteiger partial charge in [0.05, 0.1) is 6.04 Å². The summed E-state index contributed by atoms with van der Waals surface area (Å²) in [4.78, 5) is 14.6. The van der Waals surface area contributed by atoms with Crippen molar-refractivity contribution < 1.29 is 4.79 Å². The molecule has 1 heterocycles. The quantitative estimate of drug-likeness (QED) is 0.901. The zero-order valence-electron chi connectivity index (χ0n) is 11.9. The molecule has 0 aliphatic carbocycles. The Morgan fingerprint density at radius 1 is 1.37 bits per heavy atom. The maximum atomic E-state index is 12.6. The van der Waals surface area contributed by atoms with Gasteiger partial charge in [-0.3, -0.25) is 4.79 Å². The number of nitrogens with one attached hydrogen (secondary N) is 1. The Labute approximate surface area is 116 Å². The molecule has 1 fully saturated rings. The van der Waals surface area contributed by atoms with Gasteiger partial charge >= 0.3 is 0 Å². The number of rotatable bonds is 4. The van der Waals surface area contributed by atoms with E-state index in [0.717, 1.165) is 19.5 Å². The van der Waals surface area contributed by atoms with E-state index in [1.54, 1.807) is 0 Å². The largest absolute Gasteiger partial charge is 0.337 e. The Bertz CT molecular complexity index is 404. The molecule has 0 bridgehead atoms. The zero-order chi connectivity index (χ0) is 13.7. The third-order valence-corrected chi connectivity index (χ3v) is 3.95. The van der Waals surface area contributed by atoms with E-state index in [1.807, 2.05) is 30.0 Å². The highest BCUT2D eigenvalue weighted by molar-refractivity contribution is 5.82. The lowest BCUT2D eigenvalue weighted by atomic mass is 9.91. The minimum absolute atomic E-state index is 0.00240. The van der Waals surface area contributed by atoms with Gasteiger partial charge in [-0.25, -0.2) is 0 Å². The third-order valence-electron chi connectivity index (χ3n) is 3.95. The predicted octanol–water partition coefficient (Wildman–Crippen LogP) is 2.42. The van der Waals surface area contributed by atoms with E-state index in [-0.39, 0.29) is 11.9 Å². The molecular formula is C16H24N2O. The molecule has 0 spiro atoms. The Kier molecular flexibility index (Phi) is 4.97. The van der Waals surface area contributed by atoms with E-state index in [4.69, 9.17) is 0 Å². The van der Waals surface area contributed by atoms with Gasteiger partial charge in [-0.15, -0.1) is 0 Å². The van der Waals surface area contributed by atoms with Gasteiger partial charge in [0.15, 0.2) is 0 Å². The number of amides is 1. The Morgan fingerprint density at radius 2 is 2.11 bits per heavy atom. The van der Waals surface area contributed by atoms with Crippen LogP contribution >= 0.6 is 0 Å². The molecule has 2 rings (SSSR count). The molecule has 1 amide bonds. The SMILES string of the molecule is CCN(Cc1ccccc1)C(=O)C1NCCCC1C. The summed E-state index contributed by atoms with van der Waals surface area (Å²) in [5.74, 6) is 0.685. The van der Waals surface area contributed by atoms with Crippen molar-refractivity contribution in [2.24, 2.45) is 5.92 Å². The second kappa shape index (κ2) is 6.71. The van der Waals surface area contributed by atoms with E-state index < -0.39 is 0 Å². The molecule has 2 atom stereocenters. The van der Waals surface area contributed by atoms with Crippen molar-refractivity contribution in [3.05, 3.63) is 35.9 Å². The average Bonchev–Trinajstić information content (AvgIpc) is 2.46. The van der Waals surface area contributed by atoms with E-state index in [0.29, 0.717) is 12.5 Å². The molecule has 1 saturated heterocycles. The Morgan fingerprint density at radius 3 is 2.74 bits per heavy atom. The Hall–Kier alpha value is -1.35. The van der Waals surface area contributed by atoms with Crippen LogP contribution in [0.5, 0.6) is 0 Å². The van der Waals surface area contributed by atoms with Crippen LogP contribution in [0.3, 0.4) is 0 Å². The van der Waals surface area contributed by atoms with Gasteiger partial charge in [0, 0.05) is 13.1 Å². The summed E-state index contributed by atoms with van der Waals surface area (Å²) in [5.41, 5.74) is 1.20. The maximum Gasteiger partial charge on any atom is 0.240 e. The third kappa shape index (κ3) is 3.57. The molecular weight excluding hydrogens is 236 g/mol. The molecule has 2 unspecified atom stereocenters. The van der Waals surface area contributed by atoms with Crippen molar-refractivity contribution in [2.45, 2.75) is 39.3 Å². The summed E-state index contributed by atoms with van der Waals surface area (Å²) < 4.78 is 0. The first kappa shape index (κ1) is 14.1. The van der Waals surface area contributed by atoms with Gasteiger partial charge in [0.1, 0.15) is 0 Å². The smallest absolute Gasteiger partial charge is 0.240 e. The monoisotopic (exact) mass is 260 g/mol. The normalized spacial score (nSPS) is 23.1. The van der Waals surface area contributed by atoms with Crippen molar-refractivity contribution in [3.63, 3.8) is 0 Å². The molecule has 1 aromatic carbocycles.